The summed E-state index contributed by atoms with van der Waals surface area (Å²) in [6.45, 7) is 10.4. The number of anilines is 1. The minimum atomic E-state index is -0.277. The number of rotatable bonds is 2. The lowest BCUT2D eigenvalue weighted by atomic mass is 10.0. The molecule has 0 spiro atoms. The van der Waals surface area contributed by atoms with E-state index in [0.29, 0.717) is 6.61 Å². The van der Waals surface area contributed by atoms with Crippen molar-refractivity contribution in [2.75, 3.05) is 11.5 Å². The number of benzene rings is 1. The number of hydrogen-bond acceptors (Lipinski definition) is 2. The molecule has 3 heteroatoms. The van der Waals surface area contributed by atoms with Crippen molar-refractivity contribution >= 4 is 11.8 Å². The molecule has 1 amide bonds. The topological polar surface area (TPSA) is 29.5 Å². The fourth-order valence-electron chi connectivity index (χ4n) is 2.63. The van der Waals surface area contributed by atoms with E-state index in [0.717, 1.165) is 23.2 Å². The van der Waals surface area contributed by atoms with Gasteiger partial charge >= 0.3 is 6.09 Å². The van der Waals surface area contributed by atoms with Crippen LogP contribution in [0.15, 0.2) is 24.8 Å². The van der Waals surface area contributed by atoms with Crippen LogP contribution in [0, 0.1) is 20.8 Å². The Kier molecular flexibility index (Phi) is 3.41. The average Bonchev–Trinajstić information content (AvgIpc) is 2.29. The number of amides is 1. The lowest BCUT2D eigenvalue weighted by Gasteiger charge is -2.35. The smallest absolute Gasteiger partial charge is 0.414 e. The summed E-state index contributed by atoms with van der Waals surface area (Å²) in [5.41, 5.74) is 4.35. The fraction of sp³-hybridized carbons (Fsp3) is 0.400. The lowest BCUT2D eigenvalue weighted by molar-refractivity contribution is 0.134. The van der Waals surface area contributed by atoms with Crippen LogP contribution in [0.4, 0.5) is 10.5 Å². The molecule has 0 radical (unpaired) electrons. The molecule has 1 heterocycles. The second kappa shape index (κ2) is 4.84. The third-order valence-corrected chi connectivity index (χ3v) is 3.32. The van der Waals surface area contributed by atoms with Gasteiger partial charge in [-0.15, -0.1) is 6.58 Å². The maximum atomic E-state index is 12.0. The van der Waals surface area contributed by atoms with Gasteiger partial charge in [-0.05, 0) is 31.9 Å². The highest BCUT2D eigenvalue weighted by Gasteiger charge is 2.30. The van der Waals surface area contributed by atoms with Gasteiger partial charge in [-0.25, -0.2) is 4.79 Å². The first kappa shape index (κ1) is 12.7. The van der Waals surface area contributed by atoms with E-state index in [1.54, 1.807) is 4.90 Å². The average molecular weight is 245 g/mol. The van der Waals surface area contributed by atoms with E-state index < -0.39 is 0 Å². The van der Waals surface area contributed by atoms with Gasteiger partial charge in [0.1, 0.15) is 0 Å². The summed E-state index contributed by atoms with van der Waals surface area (Å²) in [5, 5.41) is 0. The van der Waals surface area contributed by atoms with E-state index in [-0.39, 0.29) is 12.1 Å². The van der Waals surface area contributed by atoms with Crippen molar-refractivity contribution in [3.8, 4) is 0 Å². The van der Waals surface area contributed by atoms with Gasteiger partial charge in [-0.3, -0.25) is 4.90 Å². The second-order valence-electron chi connectivity index (χ2n) is 4.82. The Morgan fingerprint density at radius 2 is 1.94 bits per heavy atom. The summed E-state index contributed by atoms with van der Waals surface area (Å²) < 4.78 is 5.16. The van der Waals surface area contributed by atoms with Crippen LogP contribution in [0.2, 0.25) is 0 Å². The molecule has 0 bridgehead atoms. The molecule has 0 saturated carbocycles. The lowest BCUT2D eigenvalue weighted by Crippen LogP contribution is -2.45. The zero-order valence-corrected chi connectivity index (χ0v) is 11.2. The molecule has 96 valence electrons. The van der Waals surface area contributed by atoms with Crippen molar-refractivity contribution in [2.45, 2.75) is 33.2 Å². The zero-order valence-electron chi connectivity index (χ0n) is 11.2. The number of carbonyl (C=O) groups is 1. The van der Waals surface area contributed by atoms with Crippen molar-refractivity contribution in [1.29, 1.82) is 0 Å². The van der Waals surface area contributed by atoms with E-state index in [9.17, 15) is 4.79 Å². The molecule has 1 aromatic carbocycles. The molecule has 0 aromatic heterocycles. The molecule has 18 heavy (non-hydrogen) atoms. The molecule has 1 atom stereocenters. The third kappa shape index (κ3) is 2.13. The highest BCUT2D eigenvalue weighted by Crippen LogP contribution is 2.31. The normalized spacial score (nSPS) is 19.6. The first-order valence-electron chi connectivity index (χ1n) is 6.21. The Labute approximate surface area is 108 Å². The van der Waals surface area contributed by atoms with E-state index in [1.807, 2.05) is 19.9 Å². The summed E-state index contributed by atoms with van der Waals surface area (Å²) in [6.07, 6.45) is 2.34. The molecule has 0 N–H and O–H groups in total. The molecular weight excluding hydrogens is 226 g/mol. The molecule has 0 aliphatic carbocycles. The molecule has 1 fully saturated rings. The molecule has 2 rings (SSSR count). The minimum Gasteiger partial charge on any atom is -0.449 e. The van der Waals surface area contributed by atoms with Crippen LogP contribution in [0.25, 0.3) is 0 Å². The second-order valence-corrected chi connectivity index (χ2v) is 4.82. The maximum absolute atomic E-state index is 12.0. The molecule has 1 unspecified atom stereocenters. The number of aryl methyl sites for hydroxylation is 3. The first-order chi connectivity index (χ1) is 8.54. The van der Waals surface area contributed by atoms with Gasteiger partial charge in [0.15, 0.2) is 0 Å². The van der Waals surface area contributed by atoms with Gasteiger partial charge in [0.25, 0.3) is 0 Å². The Hall–Kier alpha value is -1.77. The van der Waals surface area contributed by atoms with Gasteiger partial charge in [0, 0.05) is 6.42 Å². The van der Waals surface area contributed by atoms with E-state index in [1.165, 1.54) is 5.56 Å². The van der Waals surface area contributed by atoms with Crippen molar-refractivity contribution < 1.29 is 9.53 Å². The predicted octanol–water partition coefficient (Wildman–Crippen LogP) is 3.51. The van der Waals surface area contributed by atoms with E-state index >= 15 is 0 Å². The van der Waals surface area contributed by atoms with Crippen molar-refractivity contribution in [3.63, 3.8) is 0 Å². The number of nitrogens with zero attached hydrogens (tertiary/aromatic N) is 1. The van der Waals surface area contributed by atoms with Crippen LogP contribution in [-0.2, 0) is 4.74 Å². The van der Waals surface area contributed by atoms with Crippen LogP contribution in [0.3, 0.4) is 0 Å². The number of ether oxygens (including phenoxy) is 1. The monoisotopic (exact) mass is 245 g/mol. The third-order valence-electron chi connectivity index (χ3n) is 3.32. The molecule has 1 aliphatic rings. The maximum Gasteiger partial charge on any atom is 0.414 e. The van der Waals surface area contributed by atoms with Crippen LogP contribution < -0.4 is 4.90 Å². The SMILES string of the molecule is C=CC1CCOC(=O)N1c1c(C)cc(C)cc1C. The summed E-state index contributed by atoms with van der Waals surface area (Å²) in [6, 6.07) is 4.20. The van der Waals surface area contributed by atoms with Gasteiger partial charge < -0.3 is 4.74 Å². The number of hydrogen-bond donors (Lipinski definition) is 0. The highest BCUT2D eigenvalue weighted by atomic mass is 16.6. The molecule has 3 nitrogen and oxygen atoms in total. The quantitative estimate of drug-likeness (QED) is 0.746. The Morgan fingerprint density at radius 3 is 2.50 bits per heavy atom. The van der Waals surface area contributed by atoms with E-state index in [4.69, 9.17) is 4.74 Å². The largest absolute Gasteiger partial charge is 0.449 e. The summed E-state index contributed by atoms with van der Waals surface area (Å²) in [7, 11) is 0. The van der Waals surface area contributed by atoms with Crippen LogP contribution >= 0.6 is 0 Å². The van der Waals surface area contributed by atoms with Crippen molar-refractivity contribution in [3.05, 3.63) is 41.5 Å². The Balaban J connectivity index is 2.51. The number of carbonyl (C=O) groups excluding carboxylic acids is 1. The Bertz CT molecular complexity index is 470. The number of cyclic esters (lactones) is 1. The summed E-state index contributed by atoms with van der Waals surface area (Å²) in [4.78, 5) is 13.7. The molecular formula is C15H19NO2. The van der Waals surface area contributed by atoms with Crippen molar-refractivity contribution in [1.82, 2.24) is 0 Å². The predicted molar refractivity (Wildman–Crippen MR) is 73.1 cm³/mol. The van der Waals surface area contributed by atoms with Gasteiger partial charge in [-0.1, -0.05) is 23.8 Å². The zero-order chi connectivity index (χ0) is 13.3. The minimum absolute atomic E-state index is 0.0198. The van der Waals surface area contributed by atoms with Crippen LogP contribution in [0.1, 0.15) is 23.1 Å². The highest BCUT2D eigenvalue weighted by molar-refractivity contribution is 5.91. The van der Waals surface area contributed by atoms with Gasteiger partial charge in [-0.2, -0.15) is 0 Å². The standard InChI is InChI=1S/C15H19NO2/c1-5-13-6-7-18-15(17)16(13)14-11(3)8-10(2)9-12(14)4/h5,8-9,13H,1,6-7H2,2-4H3. The fourth-order valence-corrected chi connectivity index (χ4v) is 2.63. The Morgan fingerprint density at radius 1 is 1.33 bits per heavy atom. The summed E-state index contributed by atoms with van der Waals surface area (Å²) in [5.74, 6) is 0. The molecule has 1 aliphatic heterocycles. The molecule has 1 saturated heterocycles. The summed E-state index contributed by atoms with van der Waals surface area (Å²) >= 11 is 0. The van der Waals surface area contributed by atoms with Crippen LogP contribution in [0.5, 0.6) is 0 Å². The van der Waals surface area contributed by atoms with Crippen LogP contribution in [-0.4, -0.2) is 18.7 Å². The van der Waals surface area contributed by atoms with Gasteiger partial charge in [0.2, 0.25) is 0 Å². The van der Waals surface area contributed by atoms with Crippen molar-refractivity contribution in [2.24, 2.45) is 0 Å². The van der Waals surface area contributed by atoms with E-state index in [2.05, 4.69) is 25.6 Å². The van der Waals surface area contributed by atoms with Gasteiger partial charge in [0.05, 0.1) is 18.3 Å². The first-order valence-corrected chi connectivity index (χ1v) is 6.21. The molecule has 1 aromatic rings.